The van der Waals surface area contributed by atoms with Crippen molar-refractivity contribution >= 4 is 99.5 Å². The van der Waals surface area contributed by atoms with Crippen LogP contribution in [0, 0.1) is 41.5 Å². The zero-order chi connectivity index (χ0) is 43.3. The molecule has 0 aliphatic carbocycles. The van der Waals surface area contributed by atoms with Crippen LogP contribution in [0.15, 0.2) is 160 Å². The van der Waals surface area contributed by atoms with E-state index in [4.69, 9.17) is 8.83 Å². The molecule has 9 aromatic carbocycles. The van der Waals surface area contributed by atoms with Gasteiger partial charge in [-0.2, -0.15) is 0 Å². The maximum Gasteiger partial charge on any atom is 0.139 e. The Hall–Kier alpha value is -7.30. The number of hydrogen-bond acceptors (Lipinski definition) is 4. The molecule has 11 rings (SSSR count). The van der Waals surface area contributed by atoms with Gasteiger partial charge in [0.1, 0.15) is 22.3 Å². The minimum atomic E-state index is 0.192. The fraction of sp³-hybridized carbons (Fsp3) is 0.153. The predicted molar refractivity (Wildman–Crippen MR) is 268 cm³/mol. The zero-order valence-corrected chi connectivity index (χ0v) is 37.2. The topological polar surface area (TPSA) is 32.8 Å². The third-order valence-corrected chi connectivity index (χ3v) is 13.1. The summed E-state index contributed by atoms with van der Waals surface area (Å²) in [5, 5.41) is 9.01. The zero-order valence-electron chi connectivity index (χ0n) is 37.2. The summed E-state index contributed by atoms with van der Waals surface area (Å²) < 4.78 is 13.9. The lowest BCUT2D eigenvalue weighted by Gasteiger charge is -2.29. The first kappa shape index (κ1) is 38.6. The van der Waals surface area contributed by atoms with Gasteiger partial charge in [0, 0.05) is 49.9 Å². The van der Waals surface area contributed by atoms with E-state index in [-0.39, 0.29) is 5.92 Å². The van der Waals surface area contributed by atoms with Crippen LogP contribution >= 0.6 is 0 Å². The summed E-state index contributed by atoms with van der Waals surface area (Å²) in [6.07, 6.45) is 0. The highest BCUT2D eigenvalue weighted by molar-refractivity contribution is 6.20. The van der Waals surface area contributed by atoms with Gasteiger partial charge in [0.2, 0.25) is 0 Å². The van der Waals surface area contributed by atoms with E-state index in [2.05, 4.69) is 217 Å². The summed E-state index contributed by atoms with van der Waals surface area (Å²) in [5.74, 6) is 0.192. The van der Waals surface area contributed by atoms with E-state index in [1.54, 1.807) is 0 Å². The lowest BCUT2D eigenvalue weighted by Crippen LogP contribution is -2.12. The molecular formula is C59H50N2O2. The van der Waals surface area contributed by atoms with Crippen LogP contribution < -0.4 is 9.80 Å². The summed E-state index contributed by atoms with van der Waals surface area (Å²) in [6.45, 7) is 17.6. The molecule has 2 heterocycles. The molecule has 0 atom stereocenters. The Morgan fingerprint density at radius 1 is 0.381 bits per heavy atom. The minimum absolute atomic E-state index is 0.192. The average molecular weight is 819 g/mol. The summed E-state index contributed by atoms with van der Waals surface area (Å²) in [5.41, 5.74) is 19.1. The van der Waals surface area contributed by atoms with Crippen molar-refractivity contribution in [3.63, 3.8) is 0 Å². The van der Waals surface area contributed by atoms with Crippen LogP contribution in [0.3, 0.4) is 0 Å². The van der Waals surface area contributed by atoms with E-state index in [1.165, 1.54) is 55.7 Å². The molecule has 11 aromatic rings. The number of nitrogens with zero attached hydrogens (tertiary/aromatic N) is 2. The Morgan fingerprint density at radius 3 is 1.30 bits per heavy atom. The van der Waals surface area contributed by atoms with Gasteiger partial charge in [-0.1, -0.05) is 97.8 Å². The van der Waals surface area contributed by atoms with Gasteiger partial charge >= 0.3 is 0 Å². The normalized spacial score (nSPS) is 12.0. The van der Waals surface area contributed by atoms with Gasteiger partial charge < -0.3 is 18.6 Å². The van der Waals surface area contributed by atoms with Crippen molar-refractivity contribution in [3.05, 3.63) is 191 Å². The molecule has 2 aromatic heterocycles. The maximum atomic E-state index is 6.98. The van der Waals surface area contributed by atoms with Crippen molar-refractivity contribution in [2.24, 2.45) is 0 Å². The monoisotopic (exact) mass is 818 g/mol. The quantitative estimate of drug-likeness (QED) is 0.160. The van der Waals surface area contributed by atoms with Crippen LogP contribution in [-0.2, 0) is 0 Å². The summed E-state index contributed by atoms with van der Waals surface area (Å²) in [7, 11) is 0. The second-order valence-corrected chi connectivity index (χ2v) is 18.0. The highest BCUT2D eigenvalue weighted by Gasteiger charge is 2.24. The molecule has 4 heteroatoms. The van der Waals surface area contributed by atoms with Crippen LogP contribution in [0.1, 0.15) is 58.7 Å². The first-order valence-electron chi connectivity index (χ1n) is 22.1. The maximum absolute atomic E-state index is 6.98. The Bertz CT molecular complexity index is 3450. The van der Waals surface area contributed by atoms with Crippen molar-refractivity contribution in [2.45, 2.75) is 61.3 Å². The SMILES string of the molecule is Cc1ccc(N(c2ccc3cc4c(cc3c2)oc2c(C(C)C)c3c(cc24)oc2cc4cc(N(c5ccc(C)cc5)c5c(C)cccc5C)ccc4cc23)c2c(C)cccc2C)cc1. The van der Waals surface area contributed by atoms with Gasteiger partial charge in [0.15, 0.2) is 0 Å². The molecule has 308 valence electrons. The van der Waals surface area contributed by atoms with Gasteiger partial charge in [0.05, 0.1) is 11.4 Å². The molecular weight excluding hydrogens is 769 g/mol. The standard InChI is InChI=1S/C59H50N2O2/c1-34(2)55-56-51-30-42-20-26-48(61(46-23-17-36(4)18-24-46)58-39(7)13-10-14-40(58)8)28-44(42)32-53(51)62-54(56)33-50-49-29-41-19-25-47(27-43(41)31-52(49)63-59(50)55)60(45-21-15-35(3)16-22-45)57-37(5)11-9-12-38(57)6/h9-34H,1-8H3. The van der Waals surface area contributed by atoms with E-state index in [1.807, 2.05) is 0 Å². The van der Waals surface area contributed by atoms with E-state index < -0.39 is 0 Å². The highest BCUT2D eigenvalue weighted by Crippen LogP contribution is 2.47. The number of benzene rings is 9. The van der Waals surface area contributed by atoms with Gasteiger partial charge in [-0.3, -0.25) is 0 Å². The molecule has 0 N–H and O–H groups in total. The second-order valence-electron chi connectivity index (χ2n) is 18.0. The number of anilines is 6. The first-order valence-corrected chi connectivity index (χ1v) is 22.1. The summed E-state index contributed by atoms with van der Waals surface area (Å²) in [6, 6.07) is 55.5. The third kappa shape index (κ3) is 6.35. The number of aryl methyl sites for hydroxylation is 6. The molecule has 0 saturated heterocycles. The molecule has 0 amide bonds. The summed E-state index contributed by atoms with van der Waals surface area (Å²) in [4.78, 5) is 4.77. The Kier molecular flexibility index (Phi) is 8.99. The van der Waals surface area contributed by atoms with Gasteiger partial charge in [0.25, 0.3) is 0 Å². The van der Waals surface area contributed by atoms with Gasteiger partial charge in [-0.15, -0.1) is 0 Å². The van der Waals surface area contributed by atoms with Crippen molar-refractivity contribution in [2.75, 3.05) is 9.80 Å². The lowest BCUT2D eigenvalue weighted by atomic mass is 9.93. The number of para-hydroxylation sites is 2. The summed E-state index contributed by atoms with van der Waals surface area (Å²) >= 11 is 0. The van der Waals surface area contributed by atoms with Crippen molar-refractivity contribution < 1.29 is 8.83 Å². The molecule has 0 aliphatic heterocycles. The molecule has 0 radical (unpaired) electrons. The van der Waals surface area contributed by atoms with Crippen molar-refractivity contribution in [3.8, 4) is 0 Å². The van der Waals surface area contributed by atoms with E-state index in [0.717, 1.165) is 82.8 Å². The van der Waals surface area contributed by atoms with E-state index in [9.17, 15) is 0 Å². The van der Waals surface area contributed by atoms with Crippen LogP contribution in [0.5, 0.6) is 0 Å². The number of hydrogen-bond donors (Lipinski definition) is 0. The lowest BCUT2D eigenvalue weighted by molar-refractivity contribution is 0.655. The predicted octanol–water partition coefficient (Wildman–Crippen LogP) is 17.7. The van der Waals surface area contributed by atoms with Crippen molar-refractivity contribution in [1.29, 1.82) is 0 Å². The largest absolute Gasteiger partial charge is 0.456 e. The molecule has 0 aliphatic rings. The molecule has 63 heavy (non-hydrogen) atoms. The Balaban J connectivity index is 1.06. The van der Waals surface area contributed by atoms with Crippen LogP contribution in [0.2, 0.25) is 0 Å². The van der Waals surface area contributed by atoms with E-state index >= 15 is 0 Å². The number of furan rings is 2. The van der Waals surface area contributed by atoms with Crippen LogP contribution in [0.4, 0.5) is 34.1 Å². The van der Waals surface area contributed by atoms with Crippen LogP contribution in [0.25, 0.3) is 65.4 Å². The van der Waals surface area contributed by atoms with Gasteiger partial charge in [-0.25, -0.2) is 0 Å². The molecule has 0 saturated carbocycles. The smallest absolute Gasteiger partial charge is 0.139 e. The Labute approximate surface area is 368 Å². The first-order chi connectivity index (χ1) is 30.5. The molecule has 0 unspecified atom stereocenters. The van der Waals surface area contributed by atoms with E-state index in [0.29, 0.717) is 0 Å². The van der Waals surface area contributed by atoms with Crippen LogP contribution in [-0.4, -0.2) is 0 Å². The molecule has 0 fully saturated rings. The average Bonchev–Trinajstić information content (AvgIpc) is 3.80. The molecule has 0 bridgehead atoms. The fourth-order valence-corrected chi connectivity index (χ4v) is 10.0. The second kappa shape index (κ2) is 14.7. The third-order valence-electron chi connectivity index (χ3n) is 13.1. The number of rotatable bonds is 7. The van der Waals surface area contributed by atoms with Crippen molar-refractivity contribution in [1.82, 2.24) is 0 Å². The van der Waals surface area contributed by atoms with Gasteiger partial charge in [-0.05, 0) is 170 Å². The molecule has 4 nitrogen and oxygen atoms in total. The minimum Gasteiger partial charge on any atom is -0.456 e. The molecule has 0 spiro atoms. The highest BCUT2D eigenvalue weighted by atomic mass is 16.3. The number of fused-ring (bicyclic) bond motifs is 8. The fourth-order valence-electron chi connectivity index (χ4n) is 10.0. The Morgan fingerprint density at radius 2 is 0.825 bits per heavy atom.